The van der Waals surface area contributed by atoms with E-state index in [-0.39, 0.29) is 11.4 Å². The lowest BCUT2D eigenvalue weighted by Crippen LogP contribution is -2.47. The highest BCUT2D eigenvalue weighted by atomic mass is 35.5. The molecule has 0 saturated heterocycles. The van der Waals surface area contributed by atoms with E-state index in [1.54, 1.807) is 24.3 Å². The van der Waals surface area contributed by atoms with Crippen LogP contribution in [0.25, 0.3) is 0 Å². The van der Waals surface area contributed by atoms with E-state index in [0.717, 1.165) is 18.2 Å². The number of benzene rings is 1. The minimum atomic E-state index is -0.0486. The second kappa shape index (κ2) is 9.40. The monoisotopic (exact) mass is 338 g/mol. The molecule has 0 bridgehead atoms. The fourth-order valence-corrected chi connectivity index (χ4v) is 1.98. The van der Waals surface area contributed by atoms with Gasteiger partial charge >= 0.3 is 0 Å². The van der Waals surface area contributed by atoms with Crippen molar-refractivity contribution in [3.05, 3.63) is 29.3 Å². The summed E-state index contributed by atoms with van der Waals surface area (Å²) in [5.74, 6) is 0.759. The molecule has 0 aliphatic carbocycles. The second-order valence-corrected chi connectivity index (χ2v) is 6.73. The molecule has 1 aromatic carbocycles. The van der Waals surface area contributed by atoms with Gasteiger partial charge in [0.15, 0.2) is 5.96 Å². The molecule has 5 nitrogen and oxygen atoms in total. The predicted molar refractivity (Wildman–Crippen MR) is 98.2 cm³/mol. The van der Waals surface area contributed by atoms with Crippen LogP contribution < -0.4 is 16.0 Å². The topological polar surface area (TPSA) is 65.5 Å². The van der Waals surface area contributed by atoms with Gasteiger partial charge in [-0.15, -0.1) is 0 Å². The van der Waals surface area contributed by atoms with Crippen LogP contribution in [-0.2, 0) is 4.79 Å². The van der Waals surface area contributed by atoms with E-state index in [4.69, 9.17) is 11.6 Å². The Kier molecular flexibility index (Phi) is 7.89. The normalized spacial score (nSPS) is 12.0. The van der Waals surface area contributed by atoms with E-state index in [0.29, 0.717) is 24.4 Å². The summed E-state index contributed by atoms with van der Waals surface area (Å²) < 4.78 is 0. The van der Waals surface area contributed by atoms with Crippen LogP contribution in [0.1, 0.15) is 40.5 Å². The molecule has 128 valence electrons. The molecule has 1 aromatic rings. The Morgan fingerprint density at radius 3 is 2.43 bits per heavy atom. The van der Waals surface area contributed by atoms with Crippen LogP contribution in [0.2, 0.25) is 5.02 Å². The van der Waals surface area contributed by atoms with Gasteiger partial charge in [-0.2, -0.15) is 0 Å². The zero-order valence-electron chi connectivity index (χ0n) is 14.4. The largest absolute Gasteiger partial charge is 0.357 e. The molecule has 0 fully saturated rings. The molecule has 6 heteroatoms. The fraction of sp³-hybridized carbons (Fsp3) is 0.529. The van der Waals surface area contributed by atoms with E-state index in [2.05, 4.69) is 41.7 Å². The molecule has 0 saturated carbocycles. The minimum absolute atomic E-state index is 0.0173. The van der Waals surface area contributed by atoms with E-state index < -0.39 is 0 Å². The number of halogens is 1. The number of hydrogen-bond donors (Lipinski definition) is 3. The van der Waals surface area contributed by atoms with Crippen molar-refractivity contribution < 1.29 is 4.79 Å². The van der Waals surface area contributed by atoms with E-state index >= 15 is 0 Å². The molecule has 0 heterocycles. The summed E-state index contributed by atoms with van der Waals surface area (Å²) in [5, 5.41) is 10.0. The average Bonchev–Trinajstić information content (AvgIpc) is 2.44. The minimum Gasteiger partial charge on any atom is -0.357 e. The van der Waals surface area contributed by atoms with Crippen molar-refractivity contribution in [2.75, 3.05) is 18.4 Å². The van der Waals surface area contributed by atoms with Gasteiger partial charge in [-0.25, -0.2) is 0 Å². The SMILES string of the molecule is CCNC(=NCCCC(=O)Nc1ccc(Cl)cc1)NC(C)(C)C. The van der Waals surface area contributed by atoms with Crippen LogP contribution in [0, 0.1) is 0 Å². The van der Waals surface area contributed by atoms with Crippen molar-refractivity contribution in [2.45, 2.75) is 46.1 Å². The number of nitrogens with one attached hydrogen (secondary N) is 3. The summed E-state index contributed by atoms with van der Waals surface area (Å²) in [6, 6.07) is 7.08. The van der Waals surface area contributed by atoms with E-state index in [9.17, 15) is 4.79 Å². The zero-order chi connectivity index (χ0) is 17.3. The van der Waals surface area contributed by atoms with Crippen LogP contribution >= 0.6 is 11.6 Å². The number of aliphatic imine (C=N–C) groups is 1. The molecule has 23 heavy (non-hydrogen) atoms. The van der Waals surface area contributed by atoms with Gasteiger partial charge in [-0.3, -0.25) is 9.79 Å². The fourth-order valence-electron chi connectivity index (χ4n) is 1.85. The van der Waals surface area contributed by atoms with E-state index in [1.165, 1.54) is 0 Å². The standard InChI is InChI=1S/C17H27ClN4O/c1-5-19-16(22-17(2,3)4)20-12-6-7-15(23)21-14-10-8-13(18)9-11-14/h8-11H,5-7,12H2,1-4H3,(H,21,23)(H2,19,20,22). The number of rotatable bonds is 6. The molecule has 0 atom stereocenters. The molecule has 0 radical (unpaired) electrons. The van der Waals surface area contributed by atoms with Crippen molar-refractivity contribution in [1.29, 1.82) is 0 Å². The first-order chi connectivity index (χ1) is 10.8. The first-order valence-corrected chi connectivity index (χ1v) is 8.30. The van der Waals surface area contributed by atoms with Crippen LogP contribution in [0.4, 0.5) is 5.69 Å². The van der Waals surface area contributed by atoms with Gasteiger partial charge in [0.1, 0.15) is 0 Å². The summed E-state index contributed by atoms with van der Waals surface area (Å²) >= 11 is 5.81. The van der Waals surface area contributed by atoms with Gasteiger partial charge in [0.2, 0.25) is 5.91 Å². The number of carbonyl (C=O) groups excluding carboxylic acids is 1. The first kappa shape index (κ1) is 19.3. The third-order valence-corrected chi connectivity index (χ3v) is 3.05. The molecule has 0 aliphatic rings. The summed E-state index contributed by atoms with van der Waals surface area (Å²) in [7, 11) is 0. The molecule has 0 aromatic heterocycles. The Bertz CT molecular complexity index is 520. The molecule has 0 spiro atoms. The van der Waals surface area contributed by atoms with Crippen LogP contribution in [0.5, 0.6) is 0 Å². The maximum atomic E-state index is 11.9. The summed E-state index contributed by atoms with van der Waals surface area (Å²) in [4.78, 5) is 16.4. The Balaban J connectivity index is 2.37. The predicted octanol–water partition coefficient (Wildman–Crippen LogP) is 3.41. The highest BCUT2D eigenvalue weighted by Crippen LogP contribution is 2.13. The lowest BCUT2D eigenvalue weighted by molar-refractivity contribution is -0.116. The highest BCUT2D eigenvalue weighted by molar-refractivity contribution is 6.30. The lowest BCUT2D eigenvalue weighted by Gasteiger charge is -2.23. The quantitative estimate of drug-likeness (QED) is 0.423. The Hall–Kier alpha value is -1.75. The number of nitrogens with zero attached hydrogens (tertiary/aromatic N) is 1. The summed E-state index contributed by atoms with van der Waals surface area (Å²) in [6.07, 6.45) is 1.13. The van der Waals surface area contributed by atoms with Crippen molar-refractivity contribution in [3.63, 3.8) is 0 Å². The Labute approximate surface area is 143 Å². The van der Waals surface area contributed by atoms with Crippen molar-refractivity contribution in [2.24, 2.45) is 4.99 Å². The van der Waals surface area contributed by atoms with Crippen LogP contribution in [0.15, 0.2) is 29.3 Å². The van der Waals surface area contributed by atoms with Crippen molar-refractivity contribution in [3.8, 4) is 0 Å². The third kappa shape index (κ3) is 9.08. The maximum Gasteiger partial charge on any atom is 0.224 e. The molecular weight excluding hydrogens is 312 g/mol. The van der Waals surface area contributed by atoms with Gasteiger partial charge in [-0.05, 0) is 58.4 Å². The summed E-state index contributed by atoms with van der Waals surface area (Å²) in [6.45, 7) is 9.68. The number of anilines is 1. The second-order valence-electron chi connectivity index (χ2n) is 6.29. The van der Waals surface area contributed by atoms with Crippen LogP contribution in [0.3, 0.4) is 0 Å². The Morgan fingerprint density at radius 1 is 1.22 bits per heavy atom. The molecule has 0 unspecified atom stereocenters. The number of hydrogen-bond acceptors (Lipinski definition) is 2. The highest BCUT2D eigenvalue weighted by Gasteiger charge is 2.11. The molecule has 0 aliphatic heterocycles. The smallest absolute Gasteiger partial charge is 0.224 e. The Morgan fingerprint density at radius 2 is 1.87 bits per heavy atom. The van der Waals surface area contributed by atoms with Crippen molar-refractivity contribution >= 4 is 29.2 Å². The number of amides is 1. The third-order valence-electron chi connectivity index (χ3n) is 2.80. The molecule has 3 N–H and O–H groups in total. The van der Waals surface area contributed by atoms with Crippen molar-refractivity contribution in [1.82, 2.24) is 10.6 Å². The maximum absolute atomic E-state index is 11.9. The van der Waals surface area contributed by atoms with E-state index in [1.807, 2.05) is 6.92 Å². The van der Waals surface area contributed by atoms with Crippen LogP contribution in [-0.4, -0.2) is 30.5 Å². The van der Waals surface area contributed by atoms with Gasteiger partial charge in [0.05, 0.1) is 0 Å². The summed E-state index contributed by atoms with van der Waals surface area (Å²) in [5.41, 5.74) is 0.707. The molecule has 1 rings (SSSR count). The lowest BCUT2D eigenvalue weighted by atomic mass is 10.1. The number of guanidine groups is 1. The molecular formula is C17H27ClN4O. The average molecular weight is 339 g/mol. The molecule has 1 amide bonds. The number of carbonyl (C=O) groups is 1. The first-order valence-electron chi connectivity index (χ1n) is 7.92. The van der Waals surface area contributed by atoms with Gasteiger partial charge in [0, 0.05) is 35.8 Å². The van der Waals surface area contributed by atoms with Gasteiger partial charge in [-0.1, -0.05) is 11.6 Å². The zero-order valence-corrected chi connectivity index (χ0v) is 15.1. The van der Waals surface area contributed by atoms with Gasteiger partial charge < -0.3 is 16.0 Å². The van der Waals surface area contributed by atoms with Gasteiger partial charge in [0.25, 0.3) is 0 Å².